The lowest BCUT2D eigenvalue weighted by atomic mass is 10.0. The van der Waals surface area contributed by atoms with Crippen LogP contribution in [0.15, 0.2) is 60.9 Å². The average molecular weight is 497 g/mol. The molecule has 0 amide bonds. The summed E-state index contributed by atoms with van der Waals surface area (Å²) < 4.78 is 41.5. The number of nitrogens with zero attached hydrogens (tertiary/aromatic N) is 5. The van der Waals surface area contributed by atoms with Crippen LogP contribution in [0.5, 0.6) is 0 Å². The van der Waals surface area contributed by atoms with Gasteiger partial charge in [-0.25, -0.2) is 14.6 Å². The summed E-state index contributed by atoms with van der Waals surface area (Å²) >= 11 is 0.569. The molecule has 0 saturated carbocycles. The van der Waals surface area contributed by atoms with Crippen molar-refractivity contribution in [3.63, 3.8) is 0 Å². The van der Waals surface area contributed by atoms with E-state index in [-0.39, 0.29) is 17.7 Å². The van der Waals surface area contributed by atoms with E-state index >= 15 is 0 Å². The van der Waals surface area contributed by atoms with Crippen LogP contribution in [-0.2, 0) is 12.8 Å². The molecule has 0 saturated heterocycles. The molecule has 0 bridgehead atoms. The number of thiazole rings is 1. The van der Waals surface area contributed by atoms with Gasteiger partial charge < -0.3 is 10.8 Å². The minimum atomic E-state index is -4.49. The van der Waals surface area contributed by atoms with Gasteiger partial charge in [-0.05, 0) is 43.3 Å². The number of aliphatic hydroxyl groups excluding tert-OH is 1. The van der Waals surface area contributed by atoms with E-state index in [2.05, 4.69) is 20.1 Å². The number of hydrogen-bond acceptors (Lipinski definition) is 7. The number of alkyl halides is 3. The molecule has 4 heterocycles. The zero-order valence-corrected chi connectivity index (χ0v) is 19.2. The predicted molar refractivity (Wildman–Crippen MR) is 127 cm³/mol. The van der Waals surface area contributed by atoms with Gasteiger partial charge in [-0.15, -0.1) is 11.3 Å². The van der Waals surface area contributed by atoms with Gasteiger partial charge in [0.25, 0.3) is 0 Å². The van der Waals surface area contributed by atoms with E-state index in [4.69, 9.17) is 5.73 Å². The summed E-state index contributed by atoms with van der Waals surface area (Å²) in [5.74, 6) is 0.460. The van der Waals surface area contributed by atoms with Gasteiger partial charge in [0.05, 0.1) is 41.6 Å². The zero-order chi connectivity index (χ0) is 24.7. The largest absolute Gasteiger partial charge is 0.427 e. The molecule has 0 fully saturated rings. The molecule has 7 nitrogen and oxygen atoms in total. The third-order valence-corrected chi connectivity index (χ3v) is 6.48. The molecule has 35 heavy (non-hydrogen) atoms. The van der Waals surface area contributed by atoms with Crippen LogP contribution in [0.3, 0.4) is 0 Å². The smallest absolute Gasteiger partial charge is 0.390 e. The van der Waals surface area contributed by atoms with Gasteiger partial charge in [0.15, 0.2) is 5.82 Å². The number of nitrogens with two attached hydrogens (primary N) is 1. The maximum Gasteiger partial charge on any atom is 0.427 e. The Morgan fingerprint density at radius 3 is 2.60 bits per heavy atom. The van der Waals surface area contributed by atoms with Crippen LogP contribution < -0.4 is 5.73 Å². The summed E-state index contributed by atoms with van der Waals surface area (Å²) in [7, 11) is 0. The summed E-state index contributed by atoms with van der Waals surface area (Å²) in [5.41, 5.74) is 9.53. The Morgan fingerprint density at radius 2 is 1.89 bits per heavy atom. The highest BCUT2D eigenvalue weighted by Gasteiger charge is 2.33. The maximum absolute atomic E-state index is 13.3. The third kappa shape index (κ3) is 4.41. The minimum absolute atomic E-state index is 0.212. The van der Waals surface area contributed by atoms with Crippen LogP contribution in [-0.4, -0.2) is 29.8 Å². The fourth-order valence-corrected chi connectivity index (χ4v) is 4.52. The van der Waals surface area contributed by atoms with Crippen molar-refractivity contribution in [1.82, 2.24) is 24.7 Å². The molecule has 1 unspecified atom stereocenters. The highest BCUT2D eigenvalue weighted by atomic mass is 32.1. The number of rotatable bonds is 5. The number of pyridine rings is 2. The topological polar surface area (TPSA) is 103 Å². The second-order valence-electron chi connectivity index (χ2n) is 7.92. The number of fused-ring (bicyclic) bond motifs is 1. The molecule has 1 atom stereocenters. The predicted octanol–water partition coefficient (Wildman–Crippen LogP) is 5.14. The fourth-order valence-electron chi connectivity index (χ4n) is 3.70. The first-order valence-electron chi connectivity index (χ1n) is 10.6. The SMILES string of the molecule is CC(N)c1cccc(-c2cc(-c3ncc(C(F)(F)F)s3)c3cnn(-c4cccc(CO)n4)c3c2)n1. The van der Waals surface area contributed by atoms with Crippen molar-refractivity contribution in [3.8, 4) is 27.6 Å². The van der Waals surface area contributed by atoms with E-state index in [1.54, 1.807) is 35.1 Å². The van der Waals surface area contributed by atoms with E-state index in [0.717, 1.165) is 6.20 Å². The molecule has 178 valence electrons. The van der Waals surface area contributed by atoms with Crippen LogP contribution in [0, 0.1) is 0 Å². The van der Waals surface area contributed by atoms with E-state index in [0.29, 0.717) is 56.3 Å². The Morgan fingerprint density at radius 1 is 1.09 bits per heavy atom. The first kappa shape index (κ1) is 23.1. The molecule has 5 aromatic rings. The third-order valence-electron chi connectivity index (χ3n) is 5.41. The van der Waals surface area contributed by atoms with Gasteiger partial charge in [-0.3, -0.25) is 4.98 Å². The summed E-state index contributed by atoms with van der Waals surface area (Å²) in [4.78, 5) is 12.3. The van der Waals surface area contributed by atoms with Gasteiger partial charge in [-0.1, -0.05) is 12.1 Å². The summed E-state index contributed by atoms with van der Waals surface area (Å²) in [6.07, 6.45) is -2.08. The first-order chi connectivity index (χ1) is 16.7. The van der Waals surface area contributed by atoms with E-state index < -0.39 is 11.1 Å². The van der Waals surface area contributed by atoms with Crippen molar-refractivity contribution in [2.75, 3.05) is 0 Å². The van der Waals surface area contributed by atoms with Crippen LogP contribution >= 0.6 is 11.3 Å². The van der Waals surface area contributed by atoms with Gasteiger partial charge in [0.2, 0.25) is 0 Å². The monoisotopic (exact) mass is 496 g/mol. The lowest BCUT2D eigenvalue weighted by Gasteiger charge is -2.11. The van der Waals surface area contributed by atoms with Gasteiger partial charge in [0.1, 0.15) is 9.88 Å². The fraction of sp³-hybridized carbons (Fsp3) is 0.167. The standard InChI is InChI=1S/C24H19F3N6OS/c1-13(28)18-5-3-6-19(32-18)14-8-16(23-29-11-21(35-23)24(25,26)27)17-10-30-33(20(17)9-14)22-7-2-4-15(12-34)31-22/h2-11,13,34H,12,28H2,1H3. The highest BCUT2D eigenvalue weighted by Crippen LogP contribution is 2.40. The molecule has 4 aromatic heterocycles. The second kappa shape index (κ2) is 8.84. The number of aliphatic hydroxyl groups is 1. The molecule has 11 heteroatoms. The van der Waals surface area contributed by atoms with Gasteiger partial charge >= 0.3 is 6.18 Å². The Kier molecular flexibility index (Phi) is 5.83. The summed E-state index contributed by atoms with van der Waals surface area (Å²) in [6.45, 7) is 1.58. The van der Waals surface area contributed by atoms with Crippen LogP contribution in [0.1, 0.15) is 29.2 Å². The van der Waals surface area contributed by atoms with Crippen molar-refractivity contribution in [1.29, 1.82) is 0 Å². The number of aromatic nitrogens is 5. The van der Waals surface area contributed by atoms with Crippen LogP contribution in [0.25, 0.3) is 38.5 Å². The van der Waals surface area contributed by atoms with Crippen molar-refractivity contribution >= 4 is 22.2 Å². The molecule has 0 spiro atoms. The molecule has 3 N–H and O–H groups in total. The average Bonchev–Trinajstić information content (AvgIpc) is 3.51. The van der Waals surface area contributed by atoms with Crippen molar-refractivity contribution in [3.05, 3.63) is 77.2 Å². The highest BCUT2D eigenvalue weighted by molar-refractivity contribution is 7.15. The molecule has 0 radical (unpaired) electrons. The van der Waals surface area contributed by atoms with Gasteiger partial charge in [0, 0.05) is 22.6 Å². The number of hydrogen-bond donors (Lipinski definition) is 2. The quantitative estimate of drug-likeness (QED) is 0.349. The maximum atomic E-state index is 13.3. The molecular weight excluding hydrogens is 477 g/mol. The van der Waals surface area contributed by atoms with Crippen molar-refractivity contribution in [2.24, 2.45) is 5.73 Å². The lowest BCUT2D eigenvalue weighted by Crippen LogP contribution is -2.07. The lowest BCUT2D eigenvalue weighted by molar-refractivity contribution is -0.134. The second-order valence-corrected chi connectivity index (χ2v) is 8.95. The van der Waals surface area contributed by atoms with Gasteiger partial charge in [-0.2, -0.15) is 18.3 Å². The van der Waals surface area contributed by atoms with E-state index in [9.17, 15) is 18.3 Å². The molecule has 0 aliphatic carbocycles. The summed E-state index contributed by atoms with van der Waals surface area (Å²) in [5, 5.41) is 14.8. The summed E-state index contributed by atoms with van der Waals surface area (Å²) in [6, 6.07) is 14.0. The first-order valence-corrected chi connectivity index (χ1v) is 11.4. The van der Waals surface area contributed by atoms with E-state index in [1.807, 2.05) is 31.2 Å². The Hall–Kier alpha value is -3.67. The molecule has 5 rings (SSSR count). The normalized spacial score (nSPS) is 12.9. The Labute approximate surface area is 201 Å². The molecular formula is C24H19F3N6OS. The molecule has 0 aliphatic heterocycles. The Balaban J connectivity index is 1.76. The Bertz CT molecular complexity index is 1530. The minimum Gasteiger partial charge on any atom is -0.390 e. The van der Waals surface area contributed by atoms with Crippen LogP contribution in [0.2, 0.25) is 0 Å². The molecule has 1 aromatic carbocycles. The van der Waals surface area contributed by atoms with Crippen molar-refractivity contribution in [2.45, 2.75) is 25.7 Å². The zero-order valence-electron chi connectivity index (χ0n) is 18.4. The number of halogens is 3. The number of benzene rings is 1. The molecule has 0 aliphatic rings. The van der Waals surface area contributed by atoms with Crippen LogP contribution in [0.4, 0.5) is 13.2 Å². The van der Waals surface area contributed by atoms with Crippen molar-refractivity contribution < 1.29 is 18.3 Å². The van der Waals surface area contributed by atoms with E-state index in [1.165, 1.54) is 0 Å².